The van der Waals surface area contributed by atoms with E-state index < -0.39 is 0 Å². The van der Waals surface area contributed by atoms with Gasteiger partial charge in [-0.15, -0.1) is 0 Å². The summed E-state index contributed by atoms with van der Waals surface area (Å²) in [7, 11) is 0. The molecule has 3 heterocycles. The van der Waals surface area contributed by atoms with Crippen LogP contribution in [0.25, 0.3) is 0 Å². The fourth-order valence-electron chi connectivity index (χ4n) is 4.12. The van der Waals surface area contributed by atoms with Gasteiger partial charge >= 0.3 is 5.69 Å². The van der Waals surface area contributed by atoms with Crippen molar-refractivity contribution in [3.63, 3.8) is 0 Å². The summed E-state index contributed by atoms with van der Waals surface area (Å²) in [5.74, 6) is 0.837. The molecule has 0 spiro atoms. The van der Waals surface area contributed by atoms with Crippen molar-refractivity contribution in [2.45, 2.75) is 38.4 Å². The highest BCUT2D eigenvalue weighted by Gasteiger charge is 2.42. The lowest BCUT2D eigenvalue weighted by Crippen LogP contribution is -2.62. The van der Waals surface area contributed by atoms with Crippen LogP contribution < -0.4 is 11.2 Å². The van der Waals surface area contributed by atoms with Crippen LogP contribution in [0.15, 0.2) is 15.7 Å². The zero-order valence-electron chi connectivity index (χ0n) is 14.2. The summed E-state index contributed by atoms with van der Waals surface area (Å²) in [5.41, 5.74) is 0.0819. The van der Waals surface area contributed by atoms with Gasteiger partial charge in [0.1, 0.15) is 0 Å². The predicted octanol–water partition coefficient (Wildman–Crippen LogP) is -0.360. The number of aryl methyl sites for hydroxylation is 1. The smallest absolute Gasteiger partial charge is 0.328 e. The molecule has 2 saturated heterocycles. The average molecular weight is 334 g/mol. The monoisotopic (exact) mass is 334 g/mol. The number of hydrogen-bond donors (Lipinski definition) is 1. The van der Waals surface area contributed by atoms with Gasteiger partial charge in [0.2, 0.25) is 0 Å². The molecule has 2 atom stereocenters. The highest BCUT2D eigenvalue weighted by Crippen LogP contribution is 2.38. The molecule has 0 aromatic carbocycles. The van der Waals surface area contributed by atoms with Crippen LogP contribution in [-0.4, -0.2) is 70.8 Å². The standard InChI is InChI=1S/C17H26N4O3/c1-12-8-16(22)21(17(23)18-12)7-5-19-4-6-20-14(9-19)10-24-11-15(20)13-2-3-13/h8,13-15H,2-7,9-11H2,1H3,(H,18,23)/t14-,15-/m1/s1. The number of rotatable bonds is 4. The van der Waals surface area contributed by atoms with Crippen LogP contribution in [0.1, 0.15) is 18.5 Å². The first-order chi connectivity index (χ1) is 11.6. The van der Waals surface area contributed by atoms with E-state index in [-0.39, 0.29) is 11.2 Å². The molecule has 3 fully saturated rings. The van der Waals surface area contributed by atoms with Gasteiger partial charge in [0.25, 0.3) is 5.56 Å². The lowest BCUT2D eigenvalue weighted by atomic mass is 10.0. The van der Waals surface area contributed by atoms with Crippen LogP contribution in [0.3, 0.4) is 0 Å². The topological polar surface area (TPSA) is 70.6 Å². The number of aromatic amines is 1. The van der Waals surface area contributed by atoms with Gasteiger partial charge in [-0.3, -0.25) is 19.2 Å². The van der Waals surface area contributed by atoms with Crippen LogP contribution in [0.4, 0.5) is 0 Å². The molecule has 1 saturated carbocycles. The van der Waals surface area contributed by atoms with Crippen molar-refractivity contribution in [2.75, 3.05) is 39.4 Å². The molecule has 1 aromatic heterocycles. The Kier molecular flexibility index (Phi) is 4.32. The number of hydrogen-bond acceptors (Lipinski definition) is 5. The van der Waals surface area contributed by atoms with Crippen molar-refractivity contribution in [3.05, 3.63) is 32.6 Å². The highest BCUT2D eigenvalue weighted by molar-refractivity contribution is 4.98. The molecule has 1 aliphatic carbocycles. The fourth-order valence-corrected chi connectivity index (χ4v) is 4.12. The van der Waals surface area contributed by atoms with Gasteiger partial charge in [-0.25, -0.2) is 4.79 Å². The number of morpholine rings is 1. The second-order valence-corrected chi connectivity index (χ2v) is 7.38. The zero-order chi connectivity index (χ0) is 16.7. The van der Waals surface area contributed by atoms with Crippen LogP contribution in [0, 0.1) is 12.8 Å². The van der Waals surface area contributed by atoms with E-state index in [9.17, 15) is 9.59 Å². The maximum atomic E-state index is 12.0. The Labute approximate surface area is 141 Å². The molecule has 1 N–H and O–H groups in total. The van der Waals surface area contributed by atoms with Crippen LogP contribution in [-0.2, 0) is 11.3 Å². The van der Waals surface area contributed by atoms with E-state index in [1.807, 2.05) is 0 Å². The number of H-pyrrole nitrogens is 1. The molecular weight excluding hydrogens is 308 g/mol. The molecule has 1 aromatic rings. The Morgan fingerprint density at radius 1 is 1.21 bits per heavy atom. The predicted molar refractivity (Wildman–Crippen MR) is 90.3 cm³/mol. The third-order valence-electron chi connectivity index (χ3n) is 5.60. The summed E-state index contributed by atoms with van der Waals surface area (Å²) in [6.07, 6.45) is 2.69. The van der Waals surface area contributed by atoms with Crippen molar-refractivity contribution >= 4 is 0 Å². The normalized spacial score (nSPS) is 28.7. The summed E-state index contributed by atoms with van der Waals surface area (Å²) in [6, 6.07) is 2.54. The van der Waals surface area contributed by atoms with Gasteiger partial charge in [-0.1, -0.05) is 0 Å². The molecule has 4 rings (SSSR count). The minimum atomic E-state index is -0.312. The molecule has 2 aliphatic heterocycles. The van der Waals surface area contributed by atoms with E-state index in [1.165, 1.54) is 23.5 Å². The molecule has 0 bridgehead atoms. The molecule has 3 aliphatic rings. The summed E-state index contributed by atoms with van der Waals surface area (Å²) >= 11 is 0. The first-order valence-electron chi connectivity index (χ1n) is 8.98. The average Bonchev–Trinajstić information content (AvgIpc) is 3.38. The van der Waals surface area contributed by atoms with Crippen LogP contribution in [0.2, 0.25) is 0 Å². The van der Waals surface area contributed by atoms with Gasteiger partial charge in [0.15, 0.2) is 0 Å². The molecule has 7 nitrogen and oxygen atoms in total. The first kappa shape index (κ1) is 16.1. The molecule has 24 heavy (non-hydrogen) atoms. The highest BCUT2D eigenvalue weighted by atomic mass is 16.5. The van der Waals surface area contributed by atoms with E-state index >= 15 is 0 Å². The lowest BCUT2D eigenvalue weighted by Gasteiger charge is -2.48. The Bertz CT molecular complexity index is 677. The summed E-state index contributed by atoms with van der Waals surface area (Å²) in [4.78, 5) is 31.6. The number of aromatic nitrogens is 2. The molecule has 0 unspecified atom stereocenters. The van der Waals surface area contributed by atoms with Gasteiger partial charge in [0, 0.05) is 56.6 Å². The summed E-state index contributed by atoms with van der Waals surface area (Å²) in [5, 5.41) is 0. The van der Waals surface area contributed by atoms with Crippen molar-refractivity contribution in [2.24, 2.45) is 5.92 Å². The van der Waals surface area contributed by atoms with Crippen molar-refractivity contribution < 1.29 is 4.74 Å². The Morgan fingerprint density at radius 2 is 2.04 bits per heavy atom. The Morgan fingerprint density at radius 3 is 2.79 bits per heavy atom. The van der Waals surface area contributed by atoms with Gasteiger partial charge in [-0.2, -0.15) is 0 Å². The summed E-state index contributed by atoms with van der Waals surface area (Å²) in [6.45, 7) is 7.60. The third kappa shape index (κ3) is 3.20. The van der Waals surface area contributed by atoms with E-state index in [2.05, 4.69) is 14.8 Å². The largest absolute Gasteiger partial charge is 0.378 e. The first-order valence-corrected chi connectivity index (χ1v) is 8.98. The minimum Gasteiger partial charge on any atom is -0.378 e. The molecule has 7 heteroatoms. The molecular formula is C17H26N4O3. The Hall–Kier alpha value is -1.44. The van der Waals surface area contributed by atoms with Gasteiger partial charge in [0.05, 0.1) is 13.2 Å². The molecule has 132 valence electrons. The molecule has 0 radical (unpaired) electrons. The van der Waals surface area contributed by atoms with E-state index in [0.29, 0.717) is 24.3 Å². The molecule has 0 amide bonds. The van der Waals surface area contributed by atoms with Crippen LogP contribution >= 0.6 is 0 Å². The van der Waals surface area contributed by atoms with Gasteiger partial charge in [-0.05, 0) is 25.7 Å². The van der Waals surface area contributed by atoms with Crippen molar-refractivity contribution in [1.82, 2.24) is 19.4 Å². The number of ether oxygens (including phenoxy) is 1. The van der Waals surface area contributed by atoms with Crippen LogP contribution in [0.5, 0.6) is 0 Å². The summed E-state index contributed by atoms with van der Waals surface area (Å²) < 4.78 is 7.13. The number of nitrogens with one attached hydrogen (secondary N) is 1. The van der Waals surface area contributed by atoms with Gasteiger partial charge < -0.3 is 9.72 Å². The number of fused-ring (bicyclic) bond motifs is 1. The maximum Gasteiger partial charge on any atom is 0.328 e. The lowest BCUT2D eigenvalue weighted by molar-refractivity contribution is -0.0870. The van der Waals surface area contributed by atoms with E-state index in [1.54, 1.807) is 6.92 Å². The quantitative estimate of drug-likeness (QED) is 0.814. The third-order valence-corrected chi connectivity index (χ3v) is 5.60. The second-order valence-electron chi connectivity index (χ2n) is 7.38. The number of nitrogens with zero attached hydrogens (tertiary/aromatic N) is 3. The second kappa shape index (κ2) is 6.46. The van der Waals surface area contributed by atoms with E-state index in [0.717, 1.165) is 45.3 Å². The minimum absolute atomic E-state index is 0.218. The fraction of sp³-hybridized carbons (Fsp3) is 0.765. The Balaban J connectivity index is 1.37. The van der Waals surface area contributed by atoms with E-state index in [4.69, 9.17) is 4.74 Å². The number of piperazine rings is 1. The maximum absolute atomic E-state index is 12.0. The zero-order valence-corrected chi connectivity index (χ0v) is 14.2. The van der Waals surface area contributed by atoms with Crippen molar-refractivity contribution in [3.8, 4) is 0 Å². The van der Waals surface area contributed by atoms with Crippen molar-refractivity contribution in [1.29, 1.82) is 0 Å². The SMILES string of the molecule is Cc1cc(=O)n(CCN2CCN3[C@@H](COC[C@@H]3C3CC3)C2)c(=O)[nH]1.